The summed E-state index contributed by atoms with van der Waals surface area (Å²) in [5.41, 5.74) is 1.66. The highest BCUT2D eigenvalue weighted by atomic mass is 32.2. The highest BCUT2D eigenvalue weighted by molar-refractivity contribution is 7.89. The molecule has 1 aliphatic heterocycles. The zero-order valence-corrected chi connectivity index (χ0v) is 14.3. The number of rotatable bonds is 3. The summed E-state index contributed by atoms with van der Waals surface area (Å²) in [5, 5.41) is 0. The Kier molecular flexibility index (Phi) is 4.63. The van der Waals surface area contributed by atoms with Crippen LogP contribution >= 0.6 is 0 Å². The van der Waals surface area contributed by atoms with E-state index in [2.05, 4.69) is 13.8 Å². The molecule has 1 aromatic carbocycles. The van der Waals surface area contributed by atoms with E-state index in [9.17, 15) is 8.42 Å². The van der Waals surface area contributed by atoms with E-state index in [1.54, 1.807) is 23.5 Å². The zero-order valence-electron chi connectivity index (χ0n) is 13.5. The first-order valence-electron chi connectivity index (χ1n) is 7.41. The molecule has 0 spiro atoms. The van der Waals surface area contributed by atoms with Crippen molar-refractivity contribution in [3.8, 4) is 5.75 Å². The van der Waals surface area contributed by atoms with Crippen LogP contribution in [0, 0.1) is 25.7 Å². The molecule has 21 heavy (non-hydrogen) atoms. The first-order chi connectivity index (χ1) is 9.77. The second-order valence-corrected chi connectivity index (χ2v) is 8.19. The lowest BCUT2D eigenvalue weighted by Crippen LogP contribution is -2.42. The molecule has 118 valence electrons. The van der Waals surface area contributed by atoms with Gasteiger partial charge >= 0.3 is 0 Å². The topological polar surface area (TPSA) is 46.6 Å². The lowest BCUT2D eigenvalue weighted by Gasteiger charge is -2.34. The molecule has 0 amide bonds. The monoisotopic (exact) mass is 311 g/mol. The first-order valence-corrected chi connectivity index (χ1v) is 8.85. The third-order valence-corrected chi connectivity index (χ3v) is 6.34. The molecule has 5 heteroatoms. The van der Waals surface area contributed by atoms with E-state index >= 15 is 0 Å². The molecule has 1 saturated heterocycles. The molecule has 0 aliphatic carbocycles. The molecular formula is C16H25NO3S. The molecule has 4 nitrogen and oxygen atoms in total. The van der Waals surface area contributed by atoms with Gasteiger partial charge in [0.15, 0.2) is 0 Å². The van der Waals surface area contributed by atoms with Gasteiger partial charge in [0.05, 0.1) is 12.0 Å². The van der Waals surface area contributed by atoms with Crippen LogP contribution in [0.25, 0.3) is 0 Å². The van der Waals surface area contributed by atoms with Crippen molar-refractivity contribution in [3.63, 3.8) is 0 Å². The molecule has 1 heterocycles. The number of ether oxygens (including phenoxy) is 1. The van der Waals surface area contributed by atoms with Gasteiger partial charge in [0.25, 0.3) is 0 Å². The molecule has 2 rings (SSSR count). The molecule has 0 saturated carbocycles. The van der Waals surface area contributed by atoms with E-state index in [1.807, 2.05) is 13.8 Å². The predicted molar refractivity (Wildman–Crippen MR) is 84.2 cm³/mol. The molecule has 1 aliphatic rings. The van der Waals surface area contributed by atoms with Crippen LogP contribution in [0.1, 0.15) is 31.4 Å². The van der Waals surface area contributed by atoms with E-state index in [1.165, 1.54) is 0 Å². The van der Waals surface area contributed by atoms with Crippen LogP contribution in [0.3, 0.4) is 0 Å². The number of sulfonamides is 1. The Hall–Kier alpha value is -1.07. The molecule has 0 N–H and O–H groups in total. The summed E-state index contributed by atoms with van der Waals surface area (Å²) in [6.07, 6.45) is 1.09. The molecular weight excluding hydrogens is 286 g/mol. The molecule has 0 bridgehead atoms. The Balaban J connectivity index is 2.42. The molecule has 1 fully saturated rings. The zero-order chi connectivity index (χ0) is 15.8. The summed E-state index contributed by atoms with van der Waals surface area (Å²) in [4.78, 5) is 0.405. The van der Waals surface area contributed by atoms with Crippen molar-refractivity contribution < 1.29 is 13.2 Å². The van der Waals surface area contributed by atoms with E-state index < -0.39 is 10.0 Å². The fourth-order valence-electron chi connectivity index (χ4n) is 3.21. The number of hydrogen-bond acceptors (Lipinski definition) is 3. The number of nitrogens with zero attached hydrogens (tertiary/aromatic N) is 1. The summed E-state index contributed by atoms with van der Waals surface area (Å²) in [6, 6.07) is 3.41. The van der Waals surface area contributed by atoms with Gasteiger partial charge in [-0.05, 0) is 55.4 Å². The van der Waals surface area contributed by atoms with Gasteiger partial charge in [-0.15, -0.1) is 0 Å². The molecule has 1 aromatic rings. The highest BCUT2D eigenvalue weighted by Crippen LogP contribution is 2.31. The number of hydrogen-bond donors (Lipinski definition) is 0. The lowest BCUT2D eigenvalue weighted by molar-refractivity contribution is 0.222. The maximum Gasteiger partial charge on any atom is 0.243 e. The van der Waals surface area contributed by atoms with Gasteiger partial charge in [0.1, 0.15) is 5.75 Å². The smallest absolute Gasteiger partial charge is 0.243 e. The fourth-order valence-corrected chi connectivity index (χ4v) is 5.17. The minimum atomic E-state index is -3.43. The van der Waals surface area contributed by atoms with Gasteiger partial charge in [-0.1, -0.05) is 13.8 Å². The van der Waals surface area contributed by atoms with Crippen molar-refractivity contribution in [2.24, 2.45) is 11.8 Å². The average molecular weight is 311 g/mol. The van der Waals surface area contributed by atoms with Gasteiger partial charge in [0.2, 0.25) is 10.0 Å². The number of benzene rings is 1. The van der Waals surface area contributed by atoms with Gasteiger partial charge in [-0.3, -0.25) is 0 Å². The lowest BCUT2D eigenvalue weighted by atomic mass is 9.94. The van der Waals surface area contributed by atoms with Gasteiger partial charge < -0.3 is 4.74 Å². The van der Waals surface area contributed by atoms with Crippen LogP contribution in [0.5, 0.6) is 5.75 Å². The van der Waals surface area contributed by atoms with E-state index in [-0.39, 0.29) is 0 Å². The summed E-state index contributed by atoms with van der Waals surface area (Å²) >= 11 is 0. The van der Waals surface area contributed by atoms with Crippen LogP contribution in [0.2, 0.25) is 0 Å². The maximum atomic E-state index is 12.9. The average Bonchev–Trinajstić information content (AvgIpc) is 2.40. The number of piperidine rings is 1. The molecule has 0 radical (unpaired) electrons. The van der Waals surface area contributed by atoms with Crippen molar-refractivity contribution >= 4 is 10.0 Å². The van der Waals surface area contributed by atoms with Crippen LogP contribution in [0.4, 0.5) is 0 Å². The third kappa shape index (κ3) is 3.09. The summed E-state index contributed by atoms with van der Waals surface area (Å²) in [7, 11) is -1.83. The highest BCUT2D eigenvalue weighted by Gasteiger charge is 2.32. The Bertz CT molecular complexity index is 615. The third-order valence-electron chi connectivity index (χ3n) is 4.36. The second kappa shape index (κ2) is 5.97. The predicted octanol–water partition coefficient (Wildman–Crippen LogP) is 2.98. The van der Waals surface area contributed by atoms with Crippen LogP contribution in [-0.2, 0) is 10.0 Å². The Morgan fingerprint density at radius 3 is 2.19 bits per heavy atom. The Morgan fingerprint density at radius 2 is 1.67 bits per heavy atom. The maximum absolute atomic E-state index is 12.9. The minimum absolute atomic E-state index is 0.405. The SMILES string of the molecule is COc1ccc(S(=O)(=O)N2CC(C)CC(C)C2)c(C)c1C. The van der Waals surface area contributed by atoms with E-state index in [4.69, 9.17) is 4.74 Å². The largest absolute Gasteiger partial charge is 0.496 e. The fraction of sp³-hybridized carbons (Fsp3) is 0.625. The van der Waals surface area contributed by atoms with Crippen molar-refractivity contribution in [2.75, 3.05) is 20.2 Å². The second-order valence-electron chi connectivity index (χ2n) is 6.28. The van der Waals surface area contributed by atoms with Crippen LogP contribution in [-0.4, -0.2) is 32.9 Å². The van der Waals surface area contributed by atoms with Gasteiger partial charge in [0, 0.05) is 13.1 Å². The van der Waals surface area contributed by atoms with E-state index in [0.29, 0.717) is 29.8 Å². The molecule has 2 atom stereocenters. The van der Waals surface area contributed by atoms with Crippen molar-refractivity contribution in [3.05, 3.63) is 23.3 Å². The quantitative estimate of drug-likeness (QED) is 0.862. The van der Waals surface area contributed by atoms with Crippen LogP contribution < -0.4 is 4.74 Å². The van der Waals surface area contributed by atoms with Crippen LogP contribution in [0.15, 0.2) is 17.0 Å². The minimum Gasteiger partial charge on any atom is -0.496 e. The van der Waals surface area contributed by atoms with E-state index in [0.717, 1.165) is 23.3 Å². The van der Waals surface area contributed by atoms with Crippen molar-refractivity contribution in [1.29, 1.82) is 0 Å². The normalized spacial score (nSPS) is 24.0. The summed E-state index contributed by atoms with van der Waals surface area (Å²) in [6.45, 7) is 9.19. The van der Waals surface area contributed by atoms with Gasteiger partial charge in [-0.2, -0.15) is 4.31 Å². The Morgan fingerprint density at radius 1 is 1.10 bits per heavy atom. The van der Waals surface area contributed by atoms with Crippen molar-refractivity contribution in [1.82, 2.24) is 4.31 Å². The van der Waals surface area contributed by atoms with Gasteiger partial charge in [-0.25, -0.2) is 8.42 Å². The first kappa shape index (κ1) is 16.3. The summed E-state index contributed by atoms with van der Waals surface area (Å²) in [5.74, 6) is 1.54. The standard InChI is InChI=1S/C16H25NO3S/c1-11-8-12(2)10-17(9-11)21(18,19)16-7-6-15(20-5)13(3)14(16)4/h6-7,11-12H,8-10H2,1-5H3. The Labute approximate surface area is 128 Å². The molecule has 0 aromatic heterocycles. The molecule has 2 unspecified atom stereocenters. The van der Waals surface area contributed by atoms with Crippen molar-refractivity contribution in [2.45, 2.75) is 39.0 Å². The number of methoxy groups -OCH3 is 1. The summed E-state index contributed by atoms with van der Waals surface area (Å²) < 4.78 is 32.8.